The van der Waals surface area contributed by atoms with E-state index in [0.717, 1.165) is 10.6 Å². The molecule has 6 heteroatoms. The number of thioether (sulfide) groups is 1. The van der Waals surface area contributed by atoms with E-state index in [-0.39, 0.29) is 16.9 Å². The van der Waals surface area contributed by atoms with Crippen molar-refractivity contribution in [2.45, 2.75) is 17.1 Å². The van der Waals surface area contributed by atoms with Crippen molar-refractivity contribution in [1.82, 2.24) is 0 Å². The standard InChI is InChI=1S/C23H20ClNO3S/c1-15(29-19-11-9-18(28-2)10-12-19)23(27)25-21-13-8-17(24)14-20(21)22(26)16-6-4-3-5-7-16/h3-15H,1-2H3,(H,25,27)/t15-/m0/s1. The van der Waals surface area contributed by atoms with Crippen molar-refractivity contribution in [2.24, 2.45) is 0 Å². The van der Waals surface area contributed by atoms with Gasteiger partial charge in [-0.3, -0.25) is 9.59 Å². The SMILES string of the molecule is COc1ccc(S[C@@H](C)C(=O)Nc2ccc(Cl)cc2C(=O)c2ccccc2)cc1. The Balaban J connectivity index is 1.76. The van der Waals surface area contributed by atoms with Gasteiger partial charge in [0, 0.05) is 21.0 Å². The second kappa shape index (κ2) is 9.63. The lowest BCUT2D eigenvalue weighted by Crippen LogP contribution is -2.23. The molecule has 1 amide bonds. The van der Waals surface area contributed by atoms with Crippen molar-refractivity contribution in [1.29, 1.82) is 0 Å². The van der Waals surface area contributed by atoms with Gasteiger partial charge in [-0.15, -0.1) is 11.8 Å². The van der Waals surface area contributed by atoms with E-state index in [1.165, 1.54) is 11.8 Å². The number of benzene rings is 3. The van der Waals surface area contributed by atoms with E-state index in [2.05, 4.69) is 5.32 Å². The summed E-state index contributed by atoms with van der Waals surface area (Å²) < 4.78 is 5.15. The van der Waals surface area contributed by atoms with E-state index in [1.807, 2.05) is 37.3 Å². The average molecular weight is 426 g/mol. The molecule has 1 atom stereocenters. The third-order valence-electron chi connectivity index (χ3n) is 4.26. The predicted octanol–water partition coefficient (Wildman–Crippen LogP) is 5.70. The topological polar surface area (TPSA) is 55.4 Å². The molecular weight excluding hydrogens is 406 g/mol. The Hall–Kier alpha value is -2.76. The highest BCUT2D eigenvalue weighted by Crippen LogP contribution is 2.28. The second-order valence-corrected chi connectivity index (χ2v) is 8.16. The molecule has 0 saturated carbocycles. The first-order valence-electron chi connectivity index (χ1n) is 8.99. The highest BCUT2D eigenvalue weighted by atomic mass is 35.5. The van der Waals surface area contributed by atoms with Gasteiger partial charge in [-0.1, -0.05) is 41.9 Å². The molecule has 1 N–H and O–H groups in total. The maximum Gasteiger partial charge on any atom is 0.237 e. The summed E-state index contributed by atoms with van der Waals surface area (Å²) in [5, 5.41) is 2.94. The monoisotopic (exact) mass is 425 g/mol. The van der Waals surface area contributed by atoms with Crippen LogP contribution in [0.5, 0.6) is 5.75 Å². The Morgan fingerprint density at radius 1 is 1.00 bits per heavy atom. The average Bonchev–Trinajstić information content (AvgIpc) is 2.75. The Morgan fingerprint density at radius 2 is 1.69 bits per heavy atom. The van der Waals surface area contributed by atoms with Crippen molar-refractivity contribution < 1.29 is 14.3 Å². The molecule has 0 heterocycles. The predicted molar refractivity (Wildman–Crippen MR) is 118 cm³/mol. The summed E-state index contributed by atoms with van der Waals surface area (Å²) in [6.45, 7) is 1.82. The number of anilines is 1. The molecule has 0 spiro atoms. The molecule has 0 fully saturated rings. The van der Waals surface area contributed by atoms with Gasteiger partial charge in [-0.05, 0) is 49.4 Å². The molecule has 3 aromatic rings. The van der Waals surface area contributed by atoms with Crippen LogP contribution in [0.1, 0.15) is 22.8 Å². The number of carbonyl (C=O) groups is 2. The molecule has 0 aliphatic heterocycles. The van der Waals surface area contributed by atoms with Crippen molar-refractivity contribution in [3.8, 4) is 5.75 Å². The van der Waals surface area contributed by atoms with E-state index in [1.54, 1.807) is 49.6 Å². The van der Waals surface area contributed by atoms with Crippen LogP contribution in [0.3, 0.4) is 0 Å². The maximum absolute atomic E-state index is 12.9. The first-order valence-corrected chi connectivity index (χ1v) is 10.2. The molecule has 0 aliphatic rings. The molecule has 3 rings (SSSR count). The lowest BCUT2D eigenvalue weighted by molar-refractivity contribution is -0.115. The normalized spacial score (nSPS) is 11.6. The largest absolute Gasteiger partial charge is 0.497 e. The Kier molecular flexibility index (Phi) is 6.96. The highest BCUT2D eigenvalue weighted by Gasteiger charge is 2.19. The van der Waals surface area contributed by atoms with Crippen LogP contribution in [0.2, 0.25) is 5.02 Å². The summed E-state index contributed by atoms with van der Waals surface area (Å²) in [6.07, 6.45) is 0. The number of hydrogen-bond donors (Lipinski definition) is 1. The van der Waals surface area contributed by atoms with Gasteiger partial charge in [-0.2, -0.15) is 0 Å². The molecule has 0 bridgehead atoms. The second-order valence-electron chi connectivity index (χ2n) is 6.31. The molecule has 0 saturated heterocycles. The van der Waals surface area contributed by atoms with Crippen LogP contribution < -0.4 is 10.1 Å². The Bertz CT molecular complexity index is 1010. The summed E-state index contributed by atoms with van der Waals surface area (Å²) in [6, 6.07) is 21.3. The van der Waals surface area contributed by atoms with Crippen LogP contribution in [-0.4, -0.2) is 24.1 Å². The molecule has 3 aromatic carbocycles. The lowest BCUT2D eigenvalue weighted by atomic mass is 10.0. The Morgan fingerprint density at radius 3 is 2.34 bits per heavy atom. The number of ketones is 1. The van der Waals surface area contributed by atoms with E-state index >= 15 is 0 Å². The molecule has 148 valence electrons. The zero-order chi connectivity index (χ0) is 20.8. The molecule has 0 aliphatic carbocycles. The van der Waals surface area contributed by atoms with Crippen LogP contribution in [-0.2, 0) is 4.79 Å². The number of methoxy groups -OCH3 is 1. The third-order valence-corrected chi connectivity index (χ3v) is 5.61. The minimum absolute atomic E-state index is 0.195. The summed E-state index contributed by atoms with van der Waals surface area (Å²) in [5.41, 5.74) is 1.33. The number of rotatable bonds is 7. The summed E-state index contributed by atoms with van der Waals surface area (Å²) in [5.74, 6) is 0.366. The first kappa shape index (κ1) is 21.0. The number of hydrogen-bond acceptors (Lipinski definition) is 4. The summed E-state index contributed by atoms with van der Waals surface area (Å²) >= 11 is 7.53. The number of carbonyl (C=O) groups excluding carboxylic acids is 2. The minimum atomic E-state index is -0.362. The van der Waals surface area contributed by atoms with Gasteiger partial charge in [0.05, 0.1) is 18.0 Å². The first-order chi connectivity index (χ1) is 14.0. The molecule has 4 nitrogen and oxygen atoms in total. The van der Waals surface area contributed by atoms with Crippen molar-refractivity contribution in [3.63, 3.8) is 0 Å². The summed E-state index contributed by atoms with van der Waals surface area (Å²) in [7, 11) is 1.61. The lowest BCUT2D eigenvalue weighted by Gasteiger charge is -2.15. The molecule has 0 aromatic heterocycles. The van der Waals surface area contributed by atoms with E-state index in [4.69, 9.17) is 16.3 Å². The number of amides is 1. The van der Waals surface area contributed by atoms with Crippen LogP contribution in [0, 0.1) is 0 Å². The van der Waals surface area contributed by atoms with Gasteiger partial charge < -0.3 is 10.1 Å². The number of ether oxygens (including phenoxy) is 1. The van der Waals surface area contributed by atoms with Crippen LogP contribution in [0.4, 0.5) is 5.69 Å². The van der Waals surface area contributed by atoms with Gasteiger partial charge in [0.2, 0.25) is 5.91 Å². The van der Waals surface area contributed by atoms with Gasteiger partial charge in [-0.25, -0.2) is 0 Å². The fourth-order valence-electron chi connectivity index (χ4n) is 2.70. The molecule has 0 unspecified atom stereocenters. The smallest absolute Gasteiger partial charge is 0.237 e. The quantitative estimate of drug-likeness (QED) is 0.389. The van der Waals surface area contributed by atoms with Crippen molar-refractivity contribution >= 4 is 40.7 Å². The van der Waals surface area contributed by atoms with E-state index < -0.39 is 0 Å². The highest BCUT2D eigenvalue weighted by molar-refractivity contribution is 8.00. The van der Waals surface area contributed by atoms with E-state index in [0.29, 0.717) is 21.8 Å². The van der Waals surface area contributed by atoms with E-state index in [9.17, 15) is 9.59 Å². The number of nitrogens with one attached hydrogen (secondary N) is 1. The molecular formula is C23H20ClNO3S. The van der Waals surface area contributed by atoms with Gasteiger partial charge in [0.15, 0.2) is 5.78 Å². The Labute approximate surface area is 179 Å². The minimum Gasteiger partial charge on any atom is -0.497 e. The van der Waals surface area contributed by atoms with Gasteiger partial charge >= 0.3 is 0 Å². The number of halogens is 1. The van der Waals surface area contributed by atoms with Gasteiger partial charge in [0.1, 0.15) is 5.75 Å². The van der Waals surface area contributed by atoms with Crippen molar-refractivity contribution in [3.05, 3.63) is 88.9 Å². The fourth-order valence-corrected chi connectivity index (χ4v) is 3.74. The molecule has 0 radical (unpaired) electrons. The zero-order valence-electron chi connectivity index (χ0n) is 16.0. The third kappa shape index (κ3) is 5.40. The van der Waals surface area contributed by atoms with Crippen LogP contribution in [0.25, 0.3) is 0 Å². The fraction of sp³-hybridized carbons (Fsp3) is 0.130. The summed E-state index contributed by atoms with van der Waals surface area (Å²) in [4.78, 5) is 26.6. The van der Waals surface area contributed by atoms with Crippen molar-refractivity contribution in [2.75, 3.05) is 12.4 Å². The van der Waals surface area contributed by atoms with Crippen LogP contribution >= 0.6 is 23.4 Å². The zero-order valence-corrected chi connectivity index (χ0v) is 17.6. The van der Waals surface area contributed by atoms with Gasteiger partial charge in [0.25, 0.3) is 0 Å². The molecule has 29 heavy (non-hydrogen) atoms. The van der Waals surface area contributed by atoms with Crippen LogP contribution in [0.15, 0.2) is 77.7 Å². The maximum atomic E-state index is 12.9.